The maximum absolute atomic E-state index is 14.5. The first-order chi connectivity index (χ1) is 49.9. The molecule has 2 unspecified atom stereocenters. The molecule has 5 aliphatic rings. The number of carbonyl (C=O) groups is 5. The summed E-state index contributed by atoms with van der Waals surface area (Å²) in [5.74, 6) is 0.693. The normalized spacial score (nSPS) is 21.8. The second kappa shape index (κ2) is 33.2. The molecule has 1 aliphatic heterocycles. The van der Waals surface area contributed by atoms with Gasteiger partial charge in [-0.2, -0.15) is 5.10 Å². The molecule has 12 rings (SSSR count). The number of pyridine rings is 1. The van der Waals surface area contributed by atoms with E-state index in [4.69, 9.17) is 30.0 Å². The third-order valence-electron chi connectivity index (χ3n) is 22.2. The lowest BCUT2D eigenvalue weighted by Crippen LogP contribution is -2.64. The molecule has 5 amide bonds. The second-order valence-electron chi connectivity index (χ2n) is 33.3. The van der Waals surface area contributed by atoms with E-state index in [1.165, 1.54) is 11.3 Å². The van der Waals surface area contributed by atoms with Crippen molar-refractivity contribution in [2.45, 2.75) is 221 Å². The standard InChI is InChI=1S/C81H113N15O7S2/c1-53-41-66(89-90-72(53)88-76-85-62-27-23-24-28-64(62)105-76)94(65-36-35-60(69(86-65)74(101)92(12)13)61-43-83-96(56(61)4)51-80-46-78(8)45-79(9,47-80)49-81(48-78,50-80)103-40-39-91(10)11)38-26-25-37-93(14)68(99)30-22-20-18-16-15-17-19-21-29-67(98)87-71(77(5,6)7)75(102)95-44-59(97)42-63(95)73(100)84-54(2)57-31-33-58(34-32-57)70-55(3)82-52-104-70/h23-24,27-28,31-36,41,43,52,54,59,63,71,97H,15-22,25-26,29-30,37-40,42,44-51H2,1-14H3,(H,84,100)(H,87,98)(H,85,88,90)/t54-,59+,63-,71+,78?,79?,80?,81?/m0/s1. The number of para-hydroxylation sites is 1. The molecule has 0 spiro atoms. The molecular formula is C81H113N15O7S2. The number of aliphatic hydroxyl groups excluding tert-OH is 1. The molecule has 5 fully saturated rings. The number of likely N-dealkylation sites (N-methyl/N-ethyl adjacent to an activating group) is 1. The monoisotopic (exact) mass is 1470 g/mol. The Kier molecular flexibility index (Phi) is 24.7. The van der Waals surface area contributed by atoms with Gasteiger partial charge in [0.05, 0.1) is 56.8 Å². The van der Waals surface area contributed by atoms with Gasteiger partial charge in [-0.1, -0.05) is 121 Å². The molecule has 105 heavy (non-hydrogen) atoms. The Morgan fingerprint density at radius 3 is 2.10 bits per heavy atom. The predicted molar refractivity (Wildman–Crippen MR) is 418 cm³/mol. The van der Waals surface area contributed by atoms with Gasteiger partial charge in [-0.05, 0) is 175 Å². The van der Waals surface area contributed by atoms with Crippen LogP contribution < -0.4 is 20.9 Å². The number of aryl methyl sites for hydroxylation is 2. The van der Waals surface area contributed by atoms with E-state index in [1.807, 2.05) is 137 Å². The number of carbonyl (C=O) groups excluding carboxylic acids is 5. The molecule has 22 nitrogen and oxygen atoms in total. The van der Waals surface area contributed by atoms with Crippen molar-refractivity contribution in [1.82, 2.24) is 65.2 Å². The third-order valence-corrected chi connectivity index (χ3v) is 24.1. The summed E-state index contributed by atoms with van der Waals surface area (Å²) in [6.45, 7) is 22.2. The van der Waals surface area contributed by atoms with Gasteiger partial charge in [0.1, 0.15) is 23.6 Å². The van der Waals surface area contributed by atoms with Crippen LogP contribution in [0.5, 0.6) is 0 Å². The molecule has 6 heterocycles. The minimum absolute atomic E-state index is 0.0120. The number of nitrogens with one attached hydrogen (secondary N) is 3. The van der Waals surface area contributed by atoms with Crippen molar-refractivity contribution in [2.75, 3.05) is 78.2 Å². The Bertz CT molecular complexity index is 4150. The summed E-state index contributed by atoms with van der Waals surface area (Å²) >= 11 is 3.13. The van der Waals surface area contributed by atoms with Crippen LogP contribution in [-0.4, -0.2) is 181 Å². The van der Waals surface area contributed by atoms with E-state index in [-0.39, 0.29) is 76.8 Å². The lowest BCUT2D eigenvalue weighted by Gasteiger charge is -2.69. The van der Waals surface area contributed by atoms with E-state index >= 15 is 0 Å². The highest BCUT2D eigenvalue weighted by molar-refractivity contribution is 7.22. The Labute approximate surface area is 629 Å². The summed E-state index contributed by atoms with van der Waals surface area (Å²) in [6, 6.07) is 19.9. The first-order valence-corrected chi connectivity index (χ1v) is 39.7. The molecule has 0 radical (unpaired) electrons. The number of thiazole rings is 2. The van der Waals surface area contributed by atoms with Crippen LogP contribution in [0, 0.1) is 42.4 Å². The number of amides is 5. The molecule has 4 aliphatic carbocycles. The zero-order chi connectivity index (χ0) is 75.2. The van der Waals surface area contributed by atoms with E-state index in [0.717, 1.165) is 163 Å². The van der Waals surface area contributed by atoms with Crippen molar-refractivity contribution in [3.05, 3.63) is 107 Å². The van der Waals surface area contributed by atoms with E-state index in [2.05, 4.69) is 65.4 Å². The molecule has 4 saturated carbocycles. The highest BCUT2D eigenvalue weighted by Crippen LogP contribution is 2.72. The number of nitrogens with zero attached hydrogens (tertiary/aromatic N) is 12. The molecule has 6 atom stereocenters. The fraction of sp³-hybridized carbons (Fsp3) is 0.593. The van der Waals surface area contributed by atoms with Gasteiger partial charge >= 0.3 is 0 Å². The van der Waals surface area contributed by atoms with Gasteiger partial charge in [0, 0.05) is 90.0 Å². The van der Waals surface area contributed by atoms with Gasteiger partial charge in [0.2, 0.25) is 23.6 Å². The number of anilines is 4. The minimum Gasteiger partial charge on any atom is -0.391 e. The summed E-state index contributed by atoms with van der Waals surface area (Å²) in [5, 5.41) is 35.6. The van der Waals surface area contributed by atoms with Gasteiger partial charge in [-0.15, -0.1) is 21.5 Å². The summed E-state index contributed by atoms with van der Waals surface area (Å²) in [5.41, 5.74) is 9.11. The zero-order valence-corrected chi connectivity index (χ0v) is 66.2. The quantitative estimate of drug-likeness (QED) is 0.0274. The average molecular weight is 1470 g/mol. The molecule has 1 saturated heterocycles. The number of unbranched alkanes of at least 4 members (excludes halogenated alkanes) is 8. The topological polar surface area (TPSA) is 249 Å². The SMILES string of the molecule is Cc1cc(N(CCCCN(C)C(=O)CCCCCCCCCCC(=O)N[C@H](C(=O)N2C[C@H](O)C[C@H]2C(=O)N[C@@H](C)c2ccc(-c3scnc3C)cc2)C(C)(C)C)c2ccc(-c3cnn(CC45CC6(C)CC(C)(C4)CC(OCCN(C)C)(C6)C5)c3C)c(C(=O)N(C)C)n2)nnc1Nc1nc2ccccc2s1. The van der Waals surface area contributed by atoms with E-state index < -0.39 is 23.6 Å². The van der Waals surface area contributed by atoms with E-state index in [0.29, 0.717) is 55.5 Å². The largest absolute Gasteiger partial charge is 0.391 e. The Balaban J connectivity index is 0.651. The van der Waals surface area contributed by atoms with Crippen LogP contribution >= 0.6 is 22.7 Å². The number of rotatable bonds is 34. The van der Waals surface area contributed by atoms with Gasteiger partial charge < -0.3 is 50.3 Å². The summed E-state index contributed by atoms with van der Waals surface area (Å²) in [7, 11) is 9.61. The number of aliphatic hydroxyl groups is 1. The number of aromatic nitrogens is 7. The second-order valence-corrected chi connectivity index (χ2v) is 35.2. The molecule has 24 heteroatoms. The number of benzene rings is 2. The lowest BCUT2D eigenvalue weighted by molar-refractivity contribution is -0.248. The molecule has 566 valence electrons. The molecule has 2 aromatic carbocycles. The summed E-state index contributed by atoms with van der Waals surface area (Å²) < 4.78 is 10.2. The van der Waals surface area contributed by atoms with Crippen molar-refractivity contribution in [1.29, 1.82) is 0 Å². The van der Waals surface area contributed by atoms with E-state index in [9.17, 15) is 29.1 Å². The van der Waals surface area contributed by atoms with Crippen LogP contribution in [0.25, 0.3) is 31.8 Å². The van der Waals surface area contributed by atoms with Crippen molar-refractivity contribution >= 4 is 85.0 Å². The average Bonchev–Trinajstić information content (AvgIpc) is 0.811. The fourth-order valence-corrected chi connectivity index (χ4v) is 19.6. The Hall–Kier alpha value is -7.77. The summed E-state index contributed by atoms with van der Waals surface area (Å²) in [6.07, 6.45) is 17.5. The number of hydrogen-bond acceptors (Lipinski definition) is 18. The van der Waals surface area contributed by atoms with Crippen molar-refractivity contribution in [3.8, 4) is 21.6 Å². The zero-order valence-electron chi connectivity index (χ0n) is 64.6. The van der Waals surface area contributed by atoms with Crippen LogP contribution in [0.3, 0.4) is 0 Å². The number of β-amino-alcohol motifs (C(OH)–C–C–N with tert-alkyl or cyclic N) is 1. The van der Waals surface area contributed by atoms with Gasteiger partial charge in [-0.3, -0.25) is 28.7 Å². The van der Waals surface area contributed by atoms with Crippen LogP contribution in [0.2, 0.25) is 0 Å². The first kappa shape index (κ1) is 78.3. The van der Waals surface area contributed by atoms with Crippen molar-refractivity contribution < 1.29 is 33.8 Å². The van der Waals surface area contributed by atoms with Crippen LogP contribution in [0.15, 0.2) is 78.4 Å². The minimum atomic E-state index is -0.883. The molecule has 5 aromatic heterocycles. The van der Waals surface area contributed by atoms with Crippen LogP contribution in [0.4, 0.5) is 22.6 Å². The third kappa shape index (κ3) is 19.0. The predicted octanol–water partition coefficient (Wildman–Crippen LogP) is 14.2. The Morgan fingerprint density at radius 1 is 0.752 bits per heavy atom. The highest BCUT2D eigenvalue weighted by atomic mass is 32.1. The van der Waals surface area contributed by atoms with E-state index in [1.54, 1.807) is 41.7 Å². The summed E-state index contributed by atoms with van der Waals surface area (Å²) in [4.78, 5) is 94.2. The van der Waals surface area contributed by atoms with Gasteiger partial charge in [0.15, 0.2) is 16.8 Å². The van der Waals surface area contributed by atoms with Gasteiger partial charge in [-0.25, -0.2) is 15.0 Å². The smallest absolute Gasteiger partial charge is 0.272 e. The highest BCUT2D eigenvalue weighted by Gasteiger charge is 2.66. The van der Waals surface area contributed by atoms with Crippen LogP contribution in [-0.2, 0) is 30.5 Å². The number of ether oxygens (including phenoxy) is 1. The maximum atomic E-state index is 14.5. The molecular weight excluding hydrogens is 1360 g/mol. The Morgan fingerprint density at radius 2 is 1.44 bits per heavy atom. The molecule has 7 aromatic rings. The molecule has 4 bridgehead atoms. The number of fused-ring (bicyclic) bond motifs is 1. The van der Waals surface area contributed by atoms with Crippen molar-refractivity contribution in [3.63, 3.8) is 0 Å². The van der Waals surface area contributed by atoms with Crippen molar-refractivity contribution in [2.24, 2.45) is 21.7 Å². The number of hydrogen-bond donors (Lipinski definition) is 4. The van der Waals surface area contributed by atoms with Gasteiger partial charge in [0.25, 0.3) is 5.91 Å². The first-order valence-electron chi connectivity index (χ1n) is 38.0. The number of likely N-dealkylation sites (tertiary alicyclic amines) is 1. The fourth-order valence-electron chi connectivity index (χ4n) is 17.9. The molecule has 4 N–H and O–H groups in total. The lowest BCUT2D eigenvalue weighted by atomic mass is 9.39. The maximum Gasteiger partial charge on any atom is 0.272 e. The van der Waals surface area contributed by atoms with Crippen LogP contribution in [0.1, 0.15) is 203 Å².